The normalized spacial score (nSPS) is 20.0. The fourth-order valence-corrected chi connectivity index (χ4v) is 4.71. The average Bonchev–Trinajstić information content (AvgIpc) is 3.45. The molecular weight excluding hydrogens is 392 g/mol. The van der Waals surface area contributed by atoms with Crippen molar-refractivity contribution in [1.29, 1.82) is 0 Å². The second kappa shape index (κ2) is 10.1. The van der Waals surface area contributed by atoms with Crippen molar-refractivity contribution in [3.05, 3.63) is 42.1 Å². The van der Waals surface area contributed by atoms with Crippen LogP contribution < -0.4 is 5.32 Å². The highest BCUT2D eigenvalue weighted by Gasteiger charge is 2.28. The molecule has 2 aliphatic rings. The molecule has 2 fully saturated rings. The second-order valence-corrected chi connectivity index (χ2v) is 8.56. The van der Waals surface area contributed by atoms with Crippen molar-refractivity contribution in [2.24, 2.45) is 5.92 Å². The Bertz CT molecular complexity index is 889. The number of esters is 1. The highest BCUT2D eigenvalue weighted by Crippen LogP contribution is 2.35. The maximum atomic E-state index is 12.9. The van der Waals surface area contributed by atoms with E-state index in [1.807, 2.05) is 52.9 Å². The van der Waals surface area contributed by atoms with Gasteiger partial charge in [-0.05, 0) is 51.3 Å². The molecule has 2 heterocycles. The number of nitrogens with zero attached hydrogens (tertiary/aromatic N) is 3. The first-order chi connectivity index (χ1) is 15.1. The van der Waals surface area contributed by atoms with Crippen molar-refractivity contribution in [3.8, 4) is 5.69 Å². The van der Waals surface area contributed by atoms with E-state index in [4.69, 9.17) is 9.84 Å². The van der Waals surface area contributed by atoms with Crippen LogP contribution in [-0.4, -0.2) is 52.8 Å². The number of hydrogen-bond donors (Lipinski definition) is 1. The van der Waals surface area contributed by atoms with Gasteiger partial charge in [0.25, 0.3) is 0 Å². The summed E-state index contributed by atoms with van der Waals surface area (Å²) in [6.07, 6.45) is 6.50. The molecule has 1 amide bonds. The first kappa shape index (κ1) is 21.6. The standard InChI is InChI=1S/C24H32N4O3/c1-2-31-24(30)19-11-8-14-27(16-19)17-23(29)25-22-15-21(18-9-6-7-10-18)26-28(22)20-12-4-3-5-13-20/h3-5,12-13,15,18-19H,2,6-11,14,16-17H2,1H3,(H,25,29). The Morgan fingerprint density at radius 3 is 2.65 bits per heavy atom. The van der Waals surface area contributed by atoms with Gasteiger partial charge in [-0.1, -0.05) is 31.0 Å². The van der Waals surface area contributed by atoms with Gasteiger partial charge in [0, 0.05) is 18.5 Å². The van der Waals surface area contributed by atoms with E-state index in [2.05, 4.69) is 5.32 Å². The predicted octanol–water partition coefficient (Wildman–Crippen LogP) is 3.74. The lowest BCUT2D eigenvalue weighted by atomic mass is 9.98. The number of carbonyl (C=O) groups is 2. The number of hydrogen-bond acceptors (Lipinski definition) is 5. The minimum Gasteiger partial charge on any atom is -0.466 e. The van der Waals surface area contributed by atoms with Crippen molar-refractivity contribution < 1.29 is 14.3 Å². The van der Waals surface area contributed by atoms with E-state index in [0.717, 1.165) is 43.6 Å². The Hall–Kier alpha value is -2.67. The van der Waals surface area contributed by atoms with Crippen molar-refractivity contribution in [2.75, 3.05) is 31.6 Å². The minimum atomic E-state index is -0.157. The average molecular weight is 425 g/mol. The number of amides is 1. The van der Waals surface area contributed by atoms with Crippen LogP contribution in [0.1, 0.15) is 57.1 Å². The van der Waals surface area contributed by atoms with E-state index < -0.39 is 0 Å². The summed E-state index contributed by atoms with van der Waals surface area (Å²) >= 11 is 0. The number of carbonyl (C=O) groups excluding carboxylic acids is 2. The molecule has 1 aliphatic carbocycles. The van der Waals surface area contributed by atoms with Crippen LogP contribution in [0.2, 0.25) is 0 Å². The summed E-state index contributed by atoms with van der Waals surface area (Å²) in [6.45, 7) is 3.85. The molecular formula is C24H32N4O3. The van der Waals surface area contributed by atoms with E-state index in [1.54, 1.807) is 0 Å². The van der Waals surface area contributed by atoms with Gasteiger partial charge in [0.1, 0.15) is 5.82 Å². The Morgan fingerprint density at radius 2 is 1.90 bits per heavy atom. The number of nitrogens with one attached hydrogen (secondary N) is 1. The Balaban J connectivity index is 1.45. The monoisotopic (exact) mass is 424 g/mol. The van der Waals surface area contributed by atoms with E-state index in [9.17, 15) is 9.59 Å². The number of anilines is 1. The number of piperidine rings is 1. The number of benzene rings is 1. The van der Waals surface area contributed by atoms with Crippen LogP contribution in [0.25, 0.3) is 5.69 Å². The van der Waals surface area contributed by atoms with Gasteiger partial charge in [-0.25, -0.2) is 4.68 Å². The summed E-state index contributed by atoms with van der Waals surface area (Å²) in [5.74, 6) is 0.783. The van der Waals surface area contributed by atoms with E-state index in [-0.39, 0.29) is 24.3 Å². The van der Waals surface area contributed by atoms with Gasteiger partial charge in [0.2, 0.25) is 5.91 Å². The Kier molecular flexibility index (Phi) is 7.02. The van der Waals surface area contributed by atoms with Crippen LogP contribution in [0.4, 0.5) is 5.82 Å². The molecule has 1 unspecified atom stereocenters. The molecule has 1 aliphatic heterocycles. The maximum Gasteiger partial charge on any atom is 0.310 e. The lowest BCUT2D eigenvalue weighted by Gasteiger charge is -2.30. The molecule has 4 rings (SSSR count). The molecule has 0 spiro atoms. The van der Waals surface area contributed by atoms with Crippen LogP contribution in [0, 0.1) is 5.92 Å². The molecule has 31 heavy (non-hydrogen) atoms. The van der Waals surface area contributed by atoms with Crippen LogP contribution >= 0.6 is 0 Å². The molecule has 2 aromatic rings. The fourth-order valence-electron chi connectivity index (χ4n) is 4.71. The van der Waals surface area contributed by atoms with Gasteiger partial charge < -0.3 is 10.1 Å². The summed E-state index contributed by atoms with van der Waals surface area (Å²) in [7, 11) is 0. The molecule has 1 aromatic heterocycles. The van der Waals surface area contributed by atoms with E-state index >= 15 is 0 Å². The second-order valence-electron chi connectivity index (χ2n) is 8.56. The quantitative estimate of drug-likeness (QED) is 0.685. The molecule has 0 radical (unpaired) electrons. The zero-order valence-corrected chi connectivity index (χ0v) is 18.3. The van der Waals surface area contributed by atoms with Gasteiger partial charge in [-0.15, -0.1) is 0 Å². The molecule has 0 bridgehead atoms. The van der Waals surface area contributed by atoms with Crippen molar-refractivity contribution >= 4 is 17.7 Å². The number of rotatable bonds is 7. The summed E-state index contributed by atoms with van der Waals surface area (Å²) in [6, 6.07) is 11.9. The molecule has 1 saturated heterocycles. The molecule has 1 atom stereocenters. The Labute approximate surface area is 183 Å². The fraction of sp³-hybridized carbons (Fsp3) is 0.542. The molecule has 7 nitrogen and oxygen atoms in total. The molecule has 7 heteroatoms. The lowest BCUT2D eigenvalue weighted by Crippen LogP contribution is -2.43. The molecule has 1 aromatic carbocycles. The summed E-state index contributed by atoms with van der Waals surface area (Å²) in [5.41, 5.74) is 1.99. The van der Waals surface area contributed by atoms with Crippen molar-refractivity contribution in [3.63, 3.8) is 0 Å². The highest BCUT2D eigenvalue weighted by molar-refractivity contribution is 5.92. The minimum absolute atomic E-state index is 0.0837. The number of likely N-dealkylation sites (tertiary alicyclic amines) is 1. The van der Waals surface area contributed by atoms with Crippen molar-refractivity contribution in [1.82, 2.24) is 14.7 Å². The summed E-state index contributed by atoms with van der Waals surface area (Å²) < 4.78 is 7.01. The number of aromatic nitrogens is 2. The number of ether oxygens (including phenoxy) is 1. The third kappa shape index (κ3) is 5.34. The van der Waals surface area contributed by atoms with Crippen LogP contribution in [0.15, 0.2) is 36.4 Å². The van der Waals surface area contributed by atoms with E-state index in [0.29, 0.717) is 24.9 Å². The third-order valence-electron chi connectivity index (χ3n) is 6.26. The smallest absolute Gasteiger partial charge is 0.310 e. The van der Waals surface area contributed by atoms with Crippen LogP contribution in [0.3, 0.4) is 0 Å². The number of para-hydroxylation sites is 1. The third-order valence-corrected chi connectivity index (χ3v) is 6.26. The van der Waals surface area contributed by atoms with Crippen LogP contribution in [-0.2, 0) is 14.3 Å². The maximum absolute atomic E-state index is 12.9. The van der Waals surface area contributed by atoms with Gasteiger partial charge in [-0.3, -0.25) is 14.5 Å². The zero-order valence-electron chi connectivity index (χ0n) is 18.3. The predicted molar refractivity (Wildman–Crippen MR) is 119 cm³/mol. The van der Waals surface area contributed by atoms with Gasteiger partial charge >= 0.3 is 5.97 Å². The van der Waals surface area contributed by atoms with Gasteiger partial charge in [0.05, 0.1) is 30.5 Å². The first-order valence-corrected chi connectivity index (χ1v) is 11.5. The summed E-state index contributed by atoms with van der Waals surface area (Å²) in [5, 5.41) is 7.92. The Morgan fingerprint density at radius 1 is 1.13 bits per heavy atom. The molecule has 1 N–H and O–H groups in total. The van der Waals surface area contributed by atoms with Crippen molar-refractivity contribution in [2.45, 2.75) is 51.4 Å². The first-order valence-electron chi connectivity index (χ1n) is 11.5. The highest BCUT2D eigenvalue weighted by atomic mass is 16.5. The lowest BCUT2D eigenvalue weighted by molar-refractivity contribution is -0.150. The summed E-state index contributed by atoms with van der Waals surface area (Å²) in [4.78, 5) is 27.0. The largest absolute Gasteiger partial charge is 0.466 e. The molecule has 166 valence electrons. The topological polar surface area (TPSA) is 76.5 Å². The molecule has 1 saturated carbocycles. The SMILES string of the molecule is CCOC(=O)C1CCCN(CC(=O)Nc2cc(C3CCCC3)nn2-c2ccccc2)C1. The van der Waals surface area contributed by atoms with Gasteiger partial charge in [0.15, 0.2) is 0 Å². The van der Waals surface area contributed by atoms with E-state index in [1.165, 1.54) is 12.8 Å². The van der Waals surface area contributed by atoms with Crippen LogP contribution in [0.5, 0.6) is 0 Å². The zero-order chi connectivity index (χ0) is 21.6. The van der Waals surface area contributed by atoms with Gasteiger partial charge in [-0.2, -0.15) is 5.10 Å².